The van der Waals surface area contributed by atoms with Crippen LogP contribution in [0.1, 0.15) is 33.5 Å². The molecule has 1 atom stereocenters. The summed E-state index contributed by atoms with van der Waals surface area (Å²) in [6.45, 7) is 5.41. The number of rotatable bonds is 2. The highest BCUT2D eigenvalue weighted by atomic mass is 32.1. The van der Waals surface area contributed by atoms with Gasteiger partial charge in [-0.15, -0.1) is 11.3 Å². The van der Waals surface area contributed by atoms with Crippen LogP contribution in [0.25, 0.3) is 0 Å². The van der Waals surface area contributed by atoms with E-state index < -0.39 is 0 Å². The fourth-order valence-corrected chi connectivity index (χ4v) is 4.74. The molecule has 4 rings (SSSR count). The number of hydrogen-bond acceptors (Lipinski definition) is 5. The molecule has 1 amide bonds. The maximum Gasteiger partial charge on any atom is 0.264 e. The van der Waals surface area contributed by atoms with Crippen molar-refractivity contribution in [3.8, 4) is 0 Å². The molecule has 126 valence electrons. The highest BCUT2D eigenvalue weighted by molar-refractivity contribution is 7.14. The predicted molar refractivity (Wildman–Crippen MR) is 95.7 cm³/mol. The molecule has 2 aromatic rings. The molecule has 0 spiro atoms. The molecule has 1 aliphatic heterocycles. The Morgan fingerprint density at radius 3 is 2.83 bits per heavy atom. The first-order chi connectivity index (χ1) is 11.7. The number of carbonyl (C=O) groups is 1. The largest absolute Gasteiger partial charge is 0.352 e. The first kappa shape index (κ1) is 15.6. The predicted octanol–water partition coefficient (Wildman–Crippen LogP) is 2.63. The number of piperazine rings is 1. The third kappa shape index (κ3) is 3.02. The number of nitrogens with zero attached hydrogens (tertiary/aromatic N) is 4. The summed E-state index contributed by atoms with van der Waals surface area (Å²) in [6, 6.07) is 2.15. The second-order valence-electron chi connectivity index (χ2n) is 6.75. The molecule has 0 unspecified atom stereocenters. The smallest absolute Gasteiger partial charge is 0.264 e. The molecule has 6 heteroatoms. The molecule has 3 heterocycles. The molecule has 1 saturated heterocycles. The van der Waals surface area contributed by atoms with E-state index in [0.29, 0.717) is 0 Å². The van der Waals surface area contributed by atoms with Crippen LogP contribution in [0.15, 0.2) is 24.7 Å². The van der Waals surface area contributed by atoms with Crippen molar-refractivity contribution in [2.24, 2.45) is 5.92 Å². The number of thiophene rings is 1. The van der Waals surface area contributed by atoms with Crippen LogP contribution in [0.3, 0.4) is 0 Å². The van der Waals surface area contributed by atoms with Gasteiger partial charge in [0.15, 0.2) is 0 Å². The van der Waals surface area contributed by atoms with Crippen LogP contribution in [0.2, 0.25) is 0 Å². The van der Waals surface area contributed by atoms with Crippen LogP contribution in [-0.2, 0) is 12.8 Å². The van der Waals surface area contributed by atoms with E-state index >= 15 is 0 Å². The summed E-state index contributed by atoms with van der Waals surface area (Å²) in [5.74, 6) is 1.83. The van der Waals surface area contributed by atoms with Crippen molar-refractivity contribution in [1.29, 1.82) is 0 Å². The summed E-state index contributed by atoms with van der Waals surface area (Å²) >= 11 is 1.71. The van der Waals surface area contributed by atoms with Gasteiger partial charge in [-0.2, -0.15) is 0 Å². The lowest BCUT2D eigenvalue weighted by molar-refractivity contribution is 0.0751. The van der Waals surface area contributed by atoms with Gasteiger partial charge in [-0.3, -0.25) is 9.78 Å². The van der Waals surface area contributed by atoms with Crippen molar-refractivity contribution >= 4 is 23.1 Å². The Labute approximate surface area is 146 Å². The summed E-state index contributed by atoms with van der Waals surface area (Å²) in [7, 11) is 0. The van der Waals surface area contributed by atoms with Gasteiger partial charge in [0.1, 0.15) is 5.82 Å². The standard InChI is InChI=1S/C18H22N4OS/c1-13-2-3-15-14(10-13)11-16(24-15)18(23)22-8-6-21(7-9-22)17-12-19-4-5-20-17/h4-5,11-13H,2-3,6-10H2,1H3/t13-/m0/s1. The van der Waals surface area contributed by atoms with Gasteiger partial charge >= 0.3 is 0 Å². The summed E-state index contributed by atoms with van der Waals surface area (Å²) in [5.41, 5.74) is 1.40. The van der Waals surface area contributed by atoms with E-state index in [0.717, 1.165) is 55.6 Å². The normalized spacial score (nSPS) is 20.8. The SMILES string of the molecule is C[C@H]1CCc2sc(C(=O)N3CCN(c4cnccn4)CC3)cc2C1. The van der Waals surface area contributed by atoms with Crippen molar-refractivity contribution in [2.75, 3.05) is 31.1 Å². The fourth-order valence-electron chi connectivity index (χ4n) is 3.56. The lowest BCUT2D eigenvalue weighted by Crippen LogP contribution is -2.48. The van der Waals surface area contributed by atoms with Gasteiger partial charge in [0, 0.05) is 43.4 Å². The minimum atomic E-state index is 0.195. The average Bonchev–Trinajstić information content (AvgIpc) is 3.05. The van der Waals surface area contributed by atoms with Gasteiger partial charge in [0.2, 0.25) is 0 Å². The molecule has 2 aromatic heterocycles. The van der Waals surface area contributed by atoms with E-state index in [1.165, 1.54) is 16.9 Å². The van der Waals surface area contributed by atoms with Crippen molar-refractivity contribution in [2.45, 2.75) is 26.2 Å². The number of aromatic nitrogens is 2. The van der Waals surface area contributed by atoms with Crippen LogP contribution >= 0.6 is 11.3 Å². The quantitative estimate of drug-likeness (QED) is 0.842. The van der Waals surface area contributed by atoms with Gasteiger partial charge in [-0.25, -0.2) is 4.98 Å². The summed E-state index contributed by atoms with van der Waals surface area (Å²) in [4.78, 5) is 27.8. The van der Waals surface area contributed by atoms with Gasteiger partial charge in [-0.1, -0.05) is 6.92 Å². The van der Waals surface area contributed by atoms with E-state index in [9.17, 15) is 4.79 Å². The van der Waals surface area contributed by atoms with E-state index in [1.54, 1.807) is 29.9 Å². The van der Waals surface area contributed by atoms with Crippen molar-refractivity contribution in [3.63, 3.8) is 0 Å². The topological polar surface area (TPSA) is 49.3 Å². The molecule has 5 nitrogen and oxygen atoms in total. The van der Waals surface area contributed by atoms with Crippen molar-refractivity contribution in [1.82, 2.24) is 14.9 Å². The second kappa shape index (κ2) is 6.51. The monoisotopic (exact) mass is 342 g/mol. The number of anilines is 1. The van der Waals surface area contributed by atoms with Crippen molar-refractivity contribution in [3.05, 3.63) is 40.0 Å². The Bertz CT molecular complexity index is 722. The van der Waals surface area contributed by atoms with E-state index in [1.807, 2.05) is 4.90 Å². The lowest BCUT2D eigenvalue weighted by Gasteiger charge is -2.35. The summed E-state index contributed by atoms with van der Waals surface area (Å²) in [6.07, 6.45) is 8.69. The fraction of sp³-hybridized carbons (Fsp3) is 0.500. The van der Waals surface area contributed by atoms with E-state index in [-0.39, 0.29) is 5.91 Å². The third-order valence-electron chi connectivity index (χ3n) is 4.98. The van der Waals surface area contributed by atoms with E-state index in [2.05, 4.69) is 27.9 Å². The molecule has 0 bridgehead atoms. The number of amides is 1. The molecule has 0 aromatic carbocycles. The lowest BCUT2D eigenvalue weighted by atomic mass is 9.90. The highest BCUT2D eigenvalue weighted by Gasteiger charge is 2.26. The maximum atomic E-state index is 12.8. The van der Waals surface area contributed by atoms with Gasteiger partial charge < -0.3 is 9.80 Å². The van der Waals surface area contributed by atoms with Crippen LogP contribution in [-0.4, -0.2) is 47.0 Å². The van der Waals surface area contributed by atoms with E-state index in [4.69, 9.17) is 0 Å². The molecule has 1 aliphatic carbocycles. The maximum absolute atomic E-state index is 12.8. The molecule has 24 heavy (non-hydrogen) atoms. The molecule has 0 saturated carbocycles. The molecular formula is C18H22N4OS. The van der Waals surface area contributed by atoms with Gasteiger partial charge in [0.25, 0.3) is 5.91 Å². The molecule has 1 fully saturated rings. The summed E-state index contributed by atoms with van der Waals surface area (Å²) < 4.78 is 0. The number of hydrogen-bond donors (Lipinski definition) is 0. The minimum absolute atomic E-state index is 0.195. The zero-order chi connectivity index (χ0) is 16.5. The average molecular weight is 342 g/mol. The zero-order valence-electron chi connectivity index (χ0n) is 13.9. The highest BCUT2D eigenvalue weighted by Crippen LogP contribution is 2.32. The number of aryl methyl sites for hydroxylation is 1. The van der Waals surface area contributed by atoms with Gasteiger partial charge in [0.05, 0.1) is 11.1 Å². The summed E-state index contributed by atoms with van der Waals surface area (Å²) in [5, 5.41) is 0. The third-order valence-corrected chi connectivity index (χ3v) is 6.21. The Morgan fingerprint density at radius 1 is 1.25 bits per heavy atom. The molecular weight excluding hydrogens is 320 g/mol. The minimum Gasteiger partial charge on any atom is -0.352 e. The number of fused-ring (bicyclic) bond motifs is 1. The number of carbonyl (C=O) groups excluding carboxylic acids is 1. The second-order valence-corrected chi connectivity index (χ2v) is 7.89. The Kier molecular flexibility index (Phi) is 4.22. The Balaban J connectivity index is 1.42. The molecule has 0 radical (unpaired) electrons. The van der Waals surface area contributed by atoms with Gasteiger partial charge in [-0.05, 0) is 36.8 Å². The first-order valence-corrected chi connectivity index (χ1v) is 9.44. The van der Waals surface area contributed by atoms with Crippen molar-refractivity contribution < 1.29 is 4.79 Å². The Hall–Kier alpha value is -1.95. The van der Waals surface area contributed by atoms with Crippen LogP contribution in [0, 0.1) is 5.92 Å². The first-order valence-electron chi connectivity index (χ1n) is 8.62. The van der Waals surface area contributed by atoms with Crippen LogP contribution in [0.5, 0.6) is 0 Å². The zero-order valence-corrected chi connectivity index (χ0v) is 14.8. The molecule has 2 aliphatic rings. The Morgan fingerprint density at radius 2 is 2.08 bits per heavy atom. The van der Waals surface area contributed by atoms with Crippen LogP contribution in [0.4, 0.5) is 5.82 Å². The molecule has 0 N–H and O–H groups in total. The van der Waals surface area contributed by atoms with Crippen LogP contribution < -0.4 is 4.90 Å².